The van der Waals surface area contributed by atoms with E-state index in [4.69, 9.17) is 4.74 Å². The van der Waals surface area contributed by atoms with Crippen molar-refractivity contribution in [3.63, 3.8) is 0 Å². The highest BCUT2D eigenvalue weighted by Gasteiger charge is 2.28. The van der Waals surface area contributed by atoms with Crippen LogP contribution in [0, 0.1) is 6.92 Å². The summed E-state index contributed by atoms with van der Waals surface area (Å²) in [5.74, 6) is 1.51. The molecule has 0 bridgehead atoms. The molecule has 31 heavy (non-hydrogen) atoms. The number of benzene rings is 1. The number of hydrogen-bond acceptors (Lipinski definition) is 4. The first-order valence-corrected chi connectivity index (χ1v) is 11.0. The van der Waals surface area contributed by atoms with Gasteiger partial charge in [-0.15, -0.1) is 24.0 Å². The van der Waals surface area contributed by atoms with Crippen molar-refractivity contribution in [2.24, 2.45) is 12.0 Å². The van der Waals surface area contributed by atoms with E-state index >= 15 is 0 Å². The van der Waals surface area contributed by atoms with Crippen molar-refractivity contribution < 1.29 is 4.74 Å². The second-order valence-corrected chi connectivity index (χ2v) is 8.38. The van der Waals surface area contributed by atoms with Gasteiger partial charge in [-0.25, -0.2) is 0 Å². The maximum atomic E-state index is 5.59. The van der Waals surface area contributed by atoms with Gasteiger partial charge in [0.25, 0.3) is 0 Å². The lowest BCUT2D eigenvalue weighted by atomic mass is 10.0. The summed E-state index contributed by atoms with van der Waals surface area (Å²) in [6.45, 7) is 8.51. The zero-order chi connectivity index (χ0) is 20.9. The van der Waals surface area contributed by atoms with E-state index in [1.54, 1.807) is 0 Å². The molecule has 4 rings (SSSR count). The average molecular weight is 538 g/mol. The summed E-state index contributed by atoms with van der Waals surface area (Å²) >= 11 is 0. The van der Waals surface area contributed by atoms with Crippen molar-refractivity contribution in [1.29, 1.82) is 0 Å². The van der Waals surface area contributed by atoms with Gasteiger partial charge < -0.3 is 15.0 Å². The van der Waals surface area contributed by atoms with Crippen LogP contribution in [0.2, 0.25) is 0 Å². The predicted octanol–water partition coefficient (Wildman–Crippen LogP) is 2.78. The van der Waals surface area contributed by atoms with Crippen molar-refractivity contribution in [2.75, 3.05) is 53.0 Å². The number of aromatic nitrogens is 2. The largest absolute Gasteiger partial charge is 0.379 e. The van der Waals surface area contributed by atoms with E-state index in [-0.39, 0.29) is 24.0 Å². The van der Waals surface area contributed by atoms with Crippen LogP contribution in [0.5, 0.6) is 0 Å². The van der Waals surface area contributed by atoms with Gasteiger partial charge in [-0.2, -0.15) is 5.10 Å². The van der Waals surface area contributed by atoms with Gasteiger partial charge in [0.05, 0.1) is 25.5 Å². The minimum absolute atomic E-state index is 0. The normalized spacial score (nSPS) is 21.1. The molecule has 2 aliphatic rings. The van der Waals surface area contributed by atoms with Crippen LogP contribution >= 0.6 is 24.0 Å². The molecule has 170 valence electrons. The molecule has 2 saturated heterocycles. The van der Waals surface area contributed by atoms with Crippen LogP contribution in [-0.2, 0) is 11.8 Å². The standard InChI is InChI=1S/C23H34N6O.HI/c1-18-4-6-19(7-5-18)22(28-10-12-30-13-11-28)15-25-23(24-2)29-9-8-20(17-29)21-14-26-27(3)16-21;/h4-7,14,16,20,22H,8-13,15,17H2,1-3H3,(H,24,25);1H. The second-order valence-electron chi connectivity index (χ2n) is 8.38. The Hall–Kier alpha value is -1.65. The topological polar surface area (TPSA) is 57.9 Å². The Balaban J connectivity index is 0.00000272. The number of guanidine groups is 1. The fraction of sp³-hybridized carbons (Fsp3) is 0.565. The van der Waals surface area contributed by atoms with Crippen LogP contribution in [-0.4, -0.2) is 78.5 Å². The van der Waals surface area contributed by atoms with Gasteiger partial charge in [0.2, 0.25) is 0 Å². The molecule has 2 fully saturated rings. The molecule has 2 atom stereocenters. The van der Waals surface area contributed by atoms with Crippen molar-refractivity contribution >= 4 is 29.9 Å². The van der Waals surface area contributed by atoms with Crippen LogP contribution in [0.1, 0.15) is 35.1 Å². The Bertz CT molecular complexity index is 846. The summed E-state index contributed by atoms with van der Waals surface area (Å²) in [4.78, 5) is 9.50. The number of likely N-dealkylation sites (tertiary alicyclic amines) is 1. The van der Waals surface area contributed by atoms with E-state index < -0.39 is 0 Å². The smallest absolute Gasteiger partial charge is 0.193 e. The summed E-state index contributed by atoms with van der Waals surface area (Å²) in [5, 5.41) is 8.01. The molecule has 2 unspecified atom stereocenters. The van der Waals surface area contributed by atoms with E-state index in [9.17, 15) is 0 Å². The minimum Gasteiger partial charge on any atom is -0.379 e. The fourth-order valence-electron chi connectivity index (χ4n) is 4.53. The predicted molar refractivity (Wildman–Crippen MR) is 135 cm³/mol. The van der Waals surface area contributed by atoms with Gasteiger partial charge in [-0.3, -0.25) is 14.6 Å². The molecule has 8 heteroatoms. The summed E-state index contributed by atoms with van der Waals surface area (Å²) in [5.41, 5.74) is 3.96. The Labute approximate surface area is 202 Å². The third-order valence-electron chi connectivity index (χ3n) is 6.30. The molecule has 0 saturated carbocycles. The lowest BCUT2D eigenvalue weighted by molar-refractivity contribution is 0.0169. The monoisotopic (exact) mass is 538 g/mol. The highest BCUT2D eigenvalue weighted by molar-refractivity contribution is 14.0. The number of aryl methyl sites for hydroxylation is 2. The van der Waals surface area contributed by atoms with Crippen LogP contribution in [0.15, 0.2) is 41.7 Å². The zero-order valence-electron chi connectivity index (χ0n) is 18.8. The Kier molecular flexibility index (Phi) is 8.74. The number of nitrogens with one attached hydrogen (secondary N) is 1. The molecule has 0 amide bonds. The van der Waals surface area contributed by atoms with Crippen LogP contribution < -0.4 is 5.32 Å². The Morgan fingerprint density at radius 2 is 1.97 bits per heavy atom. The Morgan fingerprint density at radius 3 is 2.61 bits per heavy atom. The van der Waals surface area contributed by atoms with Crippen molar-refractivity contribution in [2.45, 2.75) is 25.3 Å². The number of nitrogens with zero attached hydrogens (tertiary/aromatic N) is 5. The number of morpholine rings is 1. The zero-order valence-corrected chi connectivity index (χ0v) is 21.2. The van der Waals surface area contributed by atoms with Crippen LogP contribution in [0.4, 0.5) is 0 Å². The number of aliphatic imine (C=N–C) groups is 1. The fourth-order valence-corrected chi connectivity index (χ4v) is 4.53. The number of rotatable bonds is 5. The molecule has 2 aliphatic heterocycles. The first-order valence-electron chi connectivity index (χ1n) is 11.0. The molecule has 7 nitrogen and oxygen atoms in total. The first-order chi connectivity index (χ1) is 14.6. The third kappa shape index (κ3) is 5.98. The van der Waals surface area contributed by atoms with Gasteiger partial charge in [-0.05, 0) is 24.5 Å². The first kappa shape index (κ1) is 24.0. The van der Waals surface area contributed by atoms with Crippen LogP contribution in [0.3, 0.4) is 0 Å². The number of ether oxygens (including phenoxy) is 1. The second kappa shape index (κ2) is 11.3. The van der Waals surface area contributed by atoms with Crippen molar-refractivity contribution in [3.05, 3.63) is 53.3 Å². The molecular weight excluding hydrogens is 503 g/mol. The molecule has 1 aromatic carbocycles. The SMILES string of the molecule is CN=C(NCC(c1ccc(C)cc1)N1CCOCC1)N1CCC(c2cnn(C)c2)C1.I. The third-order valence-corrected chi connectivity index (χ3v) is 6.30. The summed E-state index contributed by atoms with van der Waals surface area (Å²) in [6, 6.07) is 9.23. The van der Waals surface area contributed by atoms with E-state index in [0.717, 1.165) is 58.3 Å². The molecular formula is C23H35IN6O. The summed E-state index contributed by atoms with van der Waals surface area (Å²) < 4.78 is 7.48. The quantitative estimate of drug-likeness (QED) is 0.361. The maximum absolute atomic E-state index is 5.59. The van der Waals surface area contributed by atoms with E-state index in [0.29, 0.717) is 12.0 Å². The minimum atomic E-state index is 0. The van der Waals surface area contributed by atoms with Crippen LogP contribution in [0.25, 0.3) is 0 Å². The molecule has 3 heterocycles. The maximum Gasteiger partial charge on any atom is 0.193 e. The van der Waals surface area contributed by atoms with Gasteiger partial charge in [-0.1, -0.05) is 29.8 Å². The lowest BCUT2D eigenvalue weighted by Crippen LogP contribution is -2.47. The van der Waals surface area contributed by atoms with Crippen molar-refractivity contribution in [1.82, 2.24) is 24.9 Å². The summed E-state index contributed by atoms with van der Waals surface area (Å²) in [7, 11) is 3.86. The highest BCUT2D eigenvalue weighted by atomic mass is 127. The van der Waals surface area contributed by atoms with E-state index in [1.807, 2.05) is 25.0 Å². The number of halogens is 1. The molecule has 0 radical (unpaired) electrons. The molecule has 0 aliphatic carbocycles. The van der Waals surface area contributed by atoms with Gasteiger partial charge in [0.15, 0.2) is 5.96 Å². The summed E-state index contributed by atoms with van der Waals surface area (Å²) in [6.07, 6.45) is 5.27. The lowest BCUT2D eigenvalue weighted by Gasteiger charge is -2.35. The molecule has 0 spiro atoms. The highest BCUT2D eigenvalue weighted by Crippen LogP contribution is 2.27. The van der Waals surface area contributed by atoms with E-state index in [2.05, 4.69) is 62.6 Å². The number of hydrogen-bond donors (Lipinski definition) is 1. The molecule has 2 aromatic rings. The Morgan fingerprint density at radius 1 is 1.23 bits per heavy atom. The molecule has 1 aromatic heterocycles. The average Bonchev–Trinajstić information content (AvgIpc) is 3.42. The van der Waals surface area contributed by atoms with E-state index in [1.165, 1.54) is 16.7 Å². The molecule has 1 N–H and O–H groups in total. The van der Waals surface area contributed by atoms with Gasteiger partial charge in [0, 0.05) is 58.9 Å². The van der Waals surface area contributed by atoms with Crippen molar-refractivity contribution in [3.8, 4) is 0 Å². The van der Waals surface area contributed by atoms with Gasteiger partial charge >= 0.3 is 0 Å². The van der Waals surface area contributed by atoms with Gasteiger partial charge in [0.1, 0.15) is 0 Å².